The van der Waals surface area contributed by atoms with Gasteiger partial charge in [-0.2, -0.15) is 5.26 Å². The maximum atomic E-state index is 13.5. The molecule has 0 spiro atoms. The summed E-state index contributed by atoms with van der Waals surface area (Å²) in [5.74, 6) is -4.51. The summed E-state index contributed by atoms with van der Waals surface area (Å²) in [7, 11) is 4.70. The standard InChI is InChI=1S/C33H30N4O8/c1-17-23(30(38)42-3)26(24(18(2)36-17)31(39)43-4)20-13-10-14-21(15-20)37-28(33(41)45-6)27(32(40)44-5)25(22(16-34)29(37)35)19-11-8-7-9-12-19/h7-15,25H,35H2,1-6H3. The quantitative estimate of drug-likeness (QED) is 0.303. The van der Waals surface area contributed by atoms with Crippen LogP contribution in [0.4, 0.5) is 5.69 Å². The van der Waals surface area contributed by atoms with Gasteiger partial charge in [0.05, 0.1) is 74.1 Å². The predicted molar refractivity (Wildman–Crippen MR) is 161 cm³/mol. The minimum Gasteiger partial charge on any atom is -0.466 e. The van der Waals surface area contributed by atoms with E-state index in [1.54, 1.807) is 62.4 Å². The summed E-state index contributed by atoms with van der Waals surface area (Å²) in [6, 6.07) is 17.0. The van der Waals surface area contributed by atoms with Crippen molar-refractivity contribution in [2.75, 3.05) is 33.3 Å². The lowest BCUT2D eigenvalue weighted by atomic mass is 9.81. The zero-order valence-electron chi connectivity index (χ0n) is 25.5. The molecule has 12 heteroatoms. The summed E-state index contributed by atoms with van der Waals surface area (Å²) in [6.07, 6.45) is 0. The first-order chi connectivity index (χ1) is 21.6. The van der Waals surface area contributed by atoms with E-state index in [9.17, 15) is 24.4 Å². The van der Waals surface area contributed by atoms with E-state index in [1.165, 1.54) is 25.2 Å². The van der Waals surface area contributed by atoms with Gasteiger partial charge in [0, 0.05) is 11.3 Å². The average Bonchev–Trinajstić information content (AvgIpc) is 3.06. The molecule has 0 saturated carbocycles. The van der Waals surface area contributed by atoms with E-state index >= 15 is 0 Å². The van der Waals surface area contributed by atoms with Crippen LogP contribution in [0.2, 0.25) is 0 Å². The number of esters is 4. The van der Waals surface area contributed by atoms with Crippen LogP contribution in [-0.4, -0.2) is 57.3 Å². The van der Waals surface area contributed by atoms with E-state index in [1.807, 2.05) is 0 Å². The molecule has 1 atom stereocenters. The molecule has 1 aromatic heterocycles. The third-order valence-electron chi connectivity index (χ3n) is 7.34. The summed E-state index contributed by atoms with van der Waals surface area (Å²) < 4.78 is 20.2. The molecule has 1 aliphatic heterocycles. The molecule has 0 fully saturated rings. The van der Waals surface area contributed by atoms with Crippen LogP contribution in [0, 0.1) is 25.2 Å². The molecular weight excluding hydrogens is 580 g/mol. The van der Waals surface area contributed by atoms with E-state index in [4.69, 9.17) is 24.7 Å². The molecule has 0 saturated heterocycles. The Morgan fingerprint density at radius 3 is 1.87 bits per heavy atom. The Hall–Kier alpha value is -5.96. The molecular formula is C33H30N4O8. The zero-order valence-corrected chi connectivity index (χ0v) is 25.5. The molecule has 0 amide bonds. The van der Waals surface area contributed by atoms with E-state index in [0.29, 0.717) is 22.5 Å². The largest absolute Gasteiger partial charge is 0.466 e. The van der Waals surface area contributed by atoms with Crippen molar-refractivity contribution in [1.29, 1.82) is 5.26 Å². The second kappa shape index (κ2) is 13.1. The van der Waals surface area contributed by atoms with Crippen molar-refractivity contribution < 1.29 is 38.1 Å². The molecule has 1 aliphatic rings. The lowest BCUT2D eigenvalue weighted by Gasteiger charge is -2.36. The number of nitrogens with two attached hydrogens (primary N) is 1. The molecule has 12 nitrogen and oxygen atoms in total. The number of pyridine rings is 1. The number of hydrogen-bond acceptors (Lipinski definition) is 12. The van der Waals surface area contributed by atoms with Gasteiger partial charge in [-0.25, -0.2) is 19.2 Å². The van der Waals surface area contributed by atoms with E-state index in [0.717, 1.165) is 14.2 Å². The number of nitrogens with zero attached hydrogens (tertiary/aromatic N) is 3. The lowest BCUT2D eigenvalue weighted by Crippen LogP contribution is -2.40. The van der Waals surface area contributed by atoms with Crippen molar-refractivity contribution in [3.63, 3.8) is 0 Å². The van der Waals surface area contributed by atoms with Crippen molar-refractivity contribution in [2.45, 2.75) is 19.8 Å². The number of carbonyl (C=O) groups excluding carboxylic acids is 4. The minimum absolute atomic E-state index is 0.0173. The first-order valence-corrected chi connectivity index (χ1v) is 13.5. The Balaban J connectivity index is 2.11. The number of ether oxygens (including phenoxy) is 4. The van der Waals surface area contributed by atoms with Gasteiger partial charge in [0.25, 0.3) is 0 Å². The van der Waals surface area contributed by atoms with Crippen LogP contribution in [0.5, 0.6) is 0 Å². The first kappa shape index (κ1) is 32.0. The molecule has 0 bridgehead atoms. The molecule has 45 heavy (non-hydrogen) atoms. The molecule has 0 aliphatic carbocycles. The monoisotopic (exact) mass is 610 g/mol. The molecule has 2 N–H and O–H groups in total. The third-order valence-corrected chi connectivity index (χ3v) is 7.34. The van der Waals surface area contributed by atoms with Crippen LogP contribution < -0.4 is 10.6 Å². The number of aromatic nitrogens is 1. The Kier molecular flexibility index (Phi) is 9.33. The van der Waals surface area contributed by atoms with Crippen LogP contribution >= 0.6 is 0 Å². The number of rotatable bonds is 7. The highest BCUT2D eigenvalue weighted by atomic mass is 16.5. The molecule has 2 heterocycles. The number of hydrogen-bond donors (Lipinski definition) is 1. The van der Waals surface area contributed by atoms with Gasteiger partial charge < -0.3 is 24.7 Å². The summed E-state index contributed by atoms with van der Waals surface area (Å²) >= 11 is 0. The van der Waals surface area contributed by atoms with E-state index < -0.39 is 29.8 Å². The highest BCUT2D eigenvalue weighted by molar-refractivity contribution is 6.09. The van der Waals surface area contributed by atoms with Crippen LogP contribution in [0.3, 0.4) is 0 Å². The fraction of sp³-hybridized carbons (Fsp3) is 0.212. The maximum Gasteiger partial charge on any atom is 0.355 e. The van der Waals surface area contributed by atoms with Gasteiger partial charge in [0.2, 0.25) is 0 Å². The van der Waals surface area contributed by atoms with E-state index in [-0.39, 0.29) is 45.0 Å². The first-order valence-electron chi connectivity index (χ1n) is 13.5. The van der Waals surface area contributed by atoms with Gasteiger partial charge in [0.15, 0.2) is 0 Å². The number of methoxy groups -OCH3 is 4. The van der Waals surface area contributed by atoms with Crippen LogP contribution in [0.15, 0.2) is 77.3 Å². The number of anilines is 1. The second-order valence-electron chi connectivity index (χ2n) is 9.78. The minimum atomic E-state index is -1.06. The van der Waals surface area contributed by atoms with Crippen LogP contribution in [0.25, 0.3) is 11.1 Å². The fourth-order valence-corrected chi connectivity index (χ4v) is 5.42. The molecule has 2 aromatic carbocycles. The van der Waals surface area contributed by atoms with Gasteiger partial charge in [-0.3, -0.25) is 9.88 Å². The van der Waals surface area contributed by atoms with Gasteiger partial charge in [0.1, 0.15) is 11.5 Å². The van der Waals surface area contributed by atoms with Crippen LogP contribution in [0.1, 0.15) is 43.6 Å². The molecule has 0 radical (unpaired) electrons. The van der Waals surface area contributed by atoms with Crippen molar-refractivity contribution in [1.82, 2.24) is 4.98 Å². The number of benzene rings is 2. The number of aryl methyl sites for hydroxylation is 2. The topological polar surface area (TPSA) is 171 Å². The molecule has 3 aromatic rings. The third kappa shape index (κ3) is 5.59. The second-order valence-corrected chi connectivity index (χ2v) is 9.78. The smallest absolute Gasteiger partial charge is 0.355 e. The van der Waals surface area contributed by atoms with Gasteiger partial charge in [-0.1, -0.05) is 42.5 Å². The van der Waals surface area contributed by atoms with Crippen molar-refractivity contribution in [2.24, 2.45) is 5.73 Å². The van der Waals surface area contributed by atoms with Crippen molar-refractivity contribution in [3.8, 4) is 17.2 Å². The summed E-state index contributed by atoms with van der Waals surface area (Å²) in [4.78, 5) is 58.5. The number of nitriles is 1. The number of carbonyl (C=O) groups is 4. The summed E-state index contributed by atoms with van der Waals surface area (Å²) in [5, 5.41) is 10.3. The average molecular weight is 611 g/mol. The Bertz CT molecular complexity index is 1780. The van der Waals surface area contributed by atoms with Crippen molar-refractivity contribution >= 4 is 29.6 Å². The highest BCUT2D eigenvalue weighted by Gasteiger charge is 2.43. The SMILES string of the molecule is COC(=O)C1=C(C(=O)OC)N(c2cccc(-c3c(C(=O)OC)c(C)nc(C)c3C(=O)OC)c2)C(N)=C(C#N)C1c1ccccc1. The molecule has 1 unspecified atom stereocenters. The summed E-state index contributed by atoms with van der Waals surface area (Å²) in [5.41, 5.74) is 7.99. The van der Waals surface area contributed by atoms with Crippen molar-refractivity contribution in [3.05, 3.63) is 105 Å². The van der Waals surface area contributed by atoms with Gasteiger partial charge >= 0.3 is 23.9 Å². The van der Waals surface area contributed by atoms with Gasteiger partial charge in [-0.15, -0.1) is 0 Å². The fourth-order valence-electron chi connectivity index (χ4n) is 5.42. The highest BCUT2D eigenvalue weighted by Crippen LogP contribution is 2.44. The predicted octanol–water partition coefficient (Wildman–Crippen LogP) is 3.84. The van der Waals surface area contributed by atoms with Gasteiger partial charge in [-0.05, 0) is 37.1 Å². The number of allylic oxidation sites excluding steroid dienone is 1. The Morgan fingerprint density at radius 2 is 1.36 bits per heavy atom. The van der Waals surface area contributed by atoms with Crippen LogP contribution in [-0.2, 0) is 28.5 Å². The zero-order chi connectivity index (χ0) is 33.0. The molecule has 4 rings (SSSR count). The van der Waals surface area contributed by atoms with E-state index in [2.05, 4.69) is 11.1 Å². The molecule has 230 valence electrons. The maximum absolute atomic E-state index is 13.5. The lowest BCUT2D eigenvalue weighted by molar-refractivity contribution is -0.139. The Labute approximate surface area is 259 Å². The summed E-state index contributed by atoms with van der Waals surface area (Å²) in [6.45, 7) is 3.20. The normalized spacial score (nSPS) is 14.4. The Morgan fingerprint density at radius 1 is 0.800 bits per heavy atom.